The molecule has 5 nitrogen and oxygen atoms in total. The number of hydrogen-bond donors (Lipinski definition) is 2. The number of hydrogen-bond acceptors (Lipinski definition) is 4. The maximum atomic E-state index is 9.80. The standard InChI is InChI=1S/C5H10O4.C2H6O/c1-8-2-3-9-4-5(6)7;1-2-3/h2-4H2,1H3,(H,6,7);3H,2H2,1H3. The summed E-state index contributed by atoms with van der Waals surface area (Å²) in [5, 5.41) is 15.6. The topological polar surface area (TPSA) is 76.0 Å². The summed E-state index contributed by atoms with van der Waals surface area (Å²) < 4.78 is 9.22. The number of carboxylic acid groups (broad SMARTS) is 1. The molecule has 0 aliphatic heterocycles. The first-order valence-corrected chi connectivity index (χ1v) is 3.58. The van der Waals surface area contributed by atoms with E-state index in [0.717, 1.165) is 0 Å². The van der Waals surface area contributed by atoms with Crippen LogP contribution in [0.3, 0.4) is 0 Å². The highest BCUT2D eigenvalue weighted by atomic mass is 16.5. The summed E-state index contributed by atoms with van der Waals surface area (Å²) in [4.78, 5) is 9.80. The molecule has 0 amide bonds. The molecule has 0 atom stereocenters. The third-order valence-corrected chi connectivity index (χ3v) is 0.657. The normalized spacial score (nSPS) is 8.58. The predicted molar refractivity (Wildman–Crippen MR) is 43.1 cm³/mol. The van der Waals surface area contributed by atoms with Crippen LogP contribution >= 0.6 is 0 Å². The second kappa shape index (κ2) is 13.0. The van der Waals surface area contributed by atoms with E-state index in [9.17, 15) is 4.79 Å². The van der Waals surface area contributed by atoms with Crippen molar-refractivity contribution in [3.05, 3.63) is 0 Å². The van der Waals surface area contributed by atoms with E-state index >= 15 is 0 Å². The Morgan fingerprint density at radius 1 is 1.42 bits per heavy atom. The van der Waals surface area contributed by atoms with Crippen LogP contribution in [-0.2, 0) is 14.3 Å². The van der Waals surface area contributed by atoms with Crippen LogP contribution < -0.4 is 0 Å². The van der Waals surface area contributed by atoms with E-state index in [1.165, 1.54) is 7.11 Å². The number of aliphatic hydroxyl groups excluding tert-OH is 1. The lowest BCUT2D eigenvalue weighted by molar-refractivity contribution is -0.142. The Morgan fingerprint density at radius 3 is 2.25 bits per heavy atom. The first-order valence-electron chi connectivity index (χ1n) is 3.58. The third-order valence-electron chi connectivity index (χ3n) is 0.657. The Balaban J connectivity index is 0. The van der Waals surface area contributed by atoms with Crippen molar-refractivity contribution < 1.29 is 24.5 Å². The zero-order valence-corrected chi connectivity index (χ0v) is 7.45. The van der Waals surface area contributed by atoms with Gasteiger partial charge in [-0.15, -0.1) is 0 Å². The molecule has 5 heteroatoms. The van der Waals surface area contributed by atoms with Crippen molar-refractivity contribution in [3.63, 3.8) is 0 Å². The SMILES string of the molecule is CCO.COCCOCC(=O)O. The molecule has 0 radical (unpaired) electrons. The molecule has 0 saturated carbocycles. The van der Waals surface area contributed by atoms with Crippen molar-refractivity contribution >= 4 is 5.97 Å². The van der Waals surface area contributed by atoms with Crippen LogP contribution in [0.2, 0.25) is 0 Å². The number of aliphatic hydroxyl groups is 1. The third kappa shape index (κ3) is 22.8. The van der Waals surface area contributed by atoms with Gasteiger partial charge in [0.1, 0.15) is 6.61 Å². The Hall–Kier alpha value is -0.650. The minimum absolute atomic E-state index is 0.247. The van der Waals surface area contributed by atoms with E-state index in [1.807, 2.05) is 0 Å². The number of rotatable bonds is 5. The van der Waals surface area contributed by atoms with Gasteiger partial charge in [-0.05, 0) is 6.92 Å². The van der Waals surface area contributed by atoms with Crippen molar-refractivity contribution in [2.24, 2.45) is 0 Å². The van der Waals surface area contributed by atoms with Gasteiger partial charge in [-0.25, -0.2) is 4.79 Å². The van der Waals surface area contributed by atoms with Gasteiger partial charge in [0.05, 0.1) is 13.2 Å². The van der Waals surface area contributed by atoms with E-state index in [0.29, 0.717) is 13.2 Å². The van der Waals surface area contributed by atoms with E-state index in [4.69, 9.17) is 10.2 Å². The monoisotopic (exact) mass is 180 g/mol. The lowest BCUT2D eigenvalue weighted by Crippen LogP contribution is -2.10. The highest BCUT2D eigenvalue weighted by molar-refractivity contribution is 5.67. The number of methoxy groups -OCH3 is 1. The lowest BCUT2D eigenvalue weighted by atomic mass is 10.7. The van der Waals surface area contributed by atoms with Crippen molar-refractivity contribution in [3.8, 4) is 0 Å². The summed E-state index contributed by atoms with van der Waals surface area (Å²) in [6, 6.07) is 0. The van der Waals surface area contributed by atoms with Crippen LogP contribution in [0.15, 0.2) is 0 Å². The van der Waals surface area contributed by atoms with Gasteiger partial charge in [-0.2, -0.15) is 0 Å². The lowest BCUT2D eigenvalue weighted by Gasteiger charge is -1.97. The maximum absolute atomic E-state index is 9.80. The molecule has 0 bridgehead atoms. The second-order valence-electron chi connectivity index (χ2n) is 1.76. The summed E-state index contributed by atoms with van der Waals surface area (Å²) in [7, 11) is 1.53. The van der Waals surface area contributed by atoms with Crippen molar-refractivity contribution in [1.29, 1.82) is 0 Å². The van der Waals surface area contributed by atoms with Crippen molar-refractivity contribution in [2.75, 3.05) is 33.5 Å². The Morgan fingerprint density at radius 2 is 1.92 bits per heavy atom. The number of ether oxygens (including phenoxy) is 2. The molecule has 0 unspecified atom stereocenters. The smallest absolute Gasteiger partial charge is 0.329 e. The summed E-state index contributed by atoms with van der Waals surface area (Å²) in [5.41, 5.74) is 0. The fraction of sp³-hybridized carbons (Fsp3) is 0.857. The molecule has 0 fully saturated rings. The Kier molecular flexibility index (Phi) is 15.0. The van der Waals surface area contributed by atoms with Gasteiger partial charge >= 0.3 is 5.97 Å². The highest BCUT2D eigenvalue weighted by Gasteiger charge is 1.93. The van der Waals surface area contributed by atoms with Crippen LogP contribution in [0.1, 0.15) is 6.92 Å². The van der Waals surface area contributed by atoms with Crippen LogP contribution in [0.25, 0.3) is 0 Å². The largest absolute Gasteiger partial charge is 0.480 e. The van der Waals surface area contributed by atoms with Gasteiger partial charge < -0.3 is 19.7 Å². The molecule has 0 aromatic heterocycles. The molecular weight excluding hydrogens is 164 g/mol. The summed E-state index contributed by atoms with van der Waals surface area (Å²) >= 11 is 0. The number of carboxylic acids is 1. The first kappa shape index (κ1) is 13.9. The van der Waals surface area contributed by atoms with E-state index in [1.54, 1.807) is 6.92 Å². The molecule has 74 valence electrons. The van der Waals surface area contributed by atoms with Gasteiger partial charge in [0.25, 0.3) is 0 Å². The van der Waals surface area contributed by atoms with Gasteiger partial charge in [0, 0.05) is 13.7 Å². The molecule has 0 aromatic carbocycles. The molecule has 12 heavy (non-hydrogen) atoms. The zero-order chi connectivity index (χ0) is 9.82. The quantitative estimate of drug-likeness (QED) is 0.570. The molecule has 0 aromatic rings. The maximum Gasteiger partial charge on any atom is 0.329 e. The number of aliphatic carboxylic acids is 1. The summed E-state index contributed by atoms with van der Waals surface area (Å²) in [6.45, 7) is 2.46. The van der Waals surface area contributed by atoms with E-state index in [2.05, 4.69) is 9.47 Å². The molecular formula is C7H16O5. The number of carbonyl (C=O) groups is 1. The summed E-state index contributed by atoms with van der Waals surface area (Å²) in [5.74, 6) is -0.953. The second-order valence-corrected chi connectivity index (χ2v) is 1.76. The van der Waals surface area contributed by atoms with Gasteiger partial charge in [0.2, 0.25) is 0 Å². The fourth-order valence-corrected chi connectivity index (χ4v) is 0.302. The first-order chi connectivity index (χ1) is 5.68. The highest BCUT2D eigenvalue weighted by Crippen LogP contribution is 1.74. The molecule has 2 N–H and O–H groups in total. The molecule has 0 rings (SSSR count). The van der Waals surface area contributed by atoms with Crippen LogP contribution in [-0.4, -0.2) is 49.7 Å². The van der Waals surface area contributed by atoms with Gasteiger partial charge in [-0.3, -0.25) is 0 Å². The molecule has 0 aliphatic rings. The van der Waals surface area contributed by atoms with Crippen molar-refractivity contribution in [2.45, 2.75) is 6.92 Å². The predicted octanol–water partition coefficient (Wildman–Crippen LogP) is -0.267. The Labute approximate surface area is 71.9 Å². The van der Waals surface area contributed by atoms with Crippen molar-refractivity contribution in [1.82, 2.24) is 0 Å². The Bertz CT molecular complexity index is 93.8. The molecule has 0 saturated heterocycles. The average molecular weight is 180 g/mol. The van der Waals surface area contributed by atoms with Crippen LogP contribution in [0.4, 0.5) is 0 Å². The zero-order valence-electron chi connectivity index (χ0n) is 7.45. The van der Waals surface area contributed by atoms with E-state index < -0.39 is 5.97 Å². The minimum atomic E-state index is -0.953. The van der Waals surface area contributed by atoms with Gasteiger partial charge in [0.15, 0.2) is 0 Å². The van der Waals surface area contributed by atoms with E-state index in [-0.39, 0.29) is 13.2 Å². The van der Waals surface area contributed by atoms with Crippen LogP contribution in [0, 0.1) is 0 Å². The molecule has 0 spiro atoms. The molecule has 0 heterocycles. The average Bonchev–Trinajstić information content (AvgIpc) is 1.99. The molecule has 0 aliphatic carbocycles. The fourth-order valence-electron chi connectivity index (χ4n) is 0.302. The minimum Gasteiger partial charge on any atom is -0.480 e. The van der Waals surface area contributed by atoms with Gasteiger partial charge in [-0.1, -0.05) is 0 Å². The van der Waals surface area contributed by atoms with Crippen LogP contribution in [0.5, 0.6) is 0 Å². The summed E-state index contributed by atoms with van der Waals surface area (Å²) in [6.07, 6.45) is 0.